The summed E-state index contributed by atoms with van der Waals surface area (Å²) in [7, 11) is 0. The molecule has 6 heteroatoms. The van der Waals surface area contributed by atoms with Crippen LogP contribution in [0.15, 0.2) is 30.5 Å². The molecule has 0 spiro atoms. The summed E-state index contributed by atoms with van der Waals surface area (Å²) >= 11 is 0. The summed E-state index contributed by atoms with van der Waals surface area (Å²) in [6.45, 7) is 0.992. The second-order valence-electron chi connectivity index (χ2n) is 3.50. The zero-order chi connectivity index (χ0) is 12.1. The van der Waals surface area contributed by atoms with Crippen molar-refractivity contribution in [2.45, 2.75) is 0 Å². The molecule has 6 nitrogen and oxygen atoms in total. The van der Waals surface area contributed by atoms with Crippen LogP contribution in [0.1, 0.15) is 0 Å². The first-order valence-corrected chi connectivity index (χ1v) is 5.25. The molecule has 0 radical (unpaired) electrons. The highest BCUT2D eigenvalue weighted by Gasteiger charge is 2.01. The first kappa shape index (κ1) is 11.1. The van der Waals surface area contributed by atoms with Gasteiger partial charge in [-0.3, -0.25) is 0 Å². The number of fused-ring (bicyclic) bond motifs is 1. The Bertz CT molecular complexity index is 523. The lowest BCUT2D eigenvalue weighted by Crippen LogP contribution is -2.33. The molecule has 2 aromatic rings. The van der Waals surface area contributed by atoms with Gasteiger partial charge in [0.25, 0.3) is 0 Å². The van der Waals surface area contributed by atoms with Crippen molar-refractivity contribution in [1.29, 1.82) is 0 Å². The number of anilines is 1. The van der Waals surface area contributed by atoms with Gasteiger partial charge >= 0.3 is 6.03 Å². The predicted molar refractivity (Wildman–Crippen MR) is 65.6 cm³/mol. The smallest absolute Gasteiger partial charge is 0.312 e. The highest BCUT2D eigenvalue weighted by Crippen LogP contribution is 2.18. The van der Waals surface area contributed by atoms with E-state index < -0.39 is 6.03 Å². The van der Waals surface area contributed by atoms with Crippen LogP contribution in [0.5, 0.6) is 0 Å². The molecular weight excluding hydrogens is 218 g/mol. The van der Waals surface area contributed by atoms with Crippen LogP contribution >= 0.6 is 0 Å². The van der Waals surface area contributed by atoms with Crippen LogP contribution in [-0.4, -0.2) is 29.3 Å². The Kier molecular flexibility index (Phi) is 3.34. The number of hydrogen-bond acceptors (Lipinski definition) is 4. The fraction of sp³-hybridized carbons (Fsp3) is 0.182. The summed E-state index contributed by atoms with van der Waals surface area (Å²) in [6, 6.07) is 7.29. The van der Waals surface area contributed by atoms with E-state index in [0.717, 1.165) is 10.8 Å². The van der Waals surface area contributed by atoms with Crippen molar-refractivity contribution >= 4 is 22.6 Å². The van der Waals surface area contributed by atoms with Crippen LogP contribution in [0.3, 0.4) is 0 Å². The third-order valence-corrected chi connectivity index (χ3v) is 2.29. The van der Waals surface area contributed by atoms with E-state index in [1.165, 1.54) is 0 Å². The molecule has 0 saturated heterocycles. The SMILES string of the molecule is NC(=O)NCCNc1nncc2ccccc12. The minimum atomic E-state index is -0.532. The Morgan fingerprint density at radius 2 is 2.12 bits per heavy atom. The van der Waals surface area contributed by atoms with Crippen molar-refractivity contribution < 1.29 is 4.79 Å². The first-order valence-electron chi connectivity index (χ1n) is 5.25. The van der Waals surface area contributed by atoms with Gasteiger partial charge in [-0.15, -0.1) is 5.10 Å². The zero-order valence-corrected chi connectivity index (χ0v) is 9.18. The van der Waals surface area contributed by atoms with E-state index in [2.05, 4.69) is 20.8 Å². The molecule has 1 heterocycles. The van der Waals surface area contributed by atoms with Crippen LogP contribution in [0.25, 0.3) is 10.8 Å². The molecular formula is C11H13N5O. The van der Waals surface area contributed by atoms with E-state index in [-0.39, 0.29) is 0 Å². The largest absolute Gasteiger partial charge is 0.366 e. The van der Waals surface area contributed by atoms with Crippen molar-refractivity contribution in [3.63, 3.8) is 0 Å². The number of nitrogens with one attached hydrogen (secondary N) is 2. The minimum absolute atomic E-state index is 0.445. The van der Waals surface area contributed by atoms with Gasteiger partial charge in [-0.25, -0.2) is 4.79 Å². The summed E-state index contributed by atoms with van der Waals surface area (Å²) in [5.74, 6) is 0.703. The molecule has 1 aromatic heterocycles. The van der Waals surface area contributed by atoms with Gasteiger partial charge in [0.05, 0.1) is 6.20 Å². The number of carbonyl (C=O) groups excluding carboxylic acids is 1. The van der Waals surface area contributed by atoms with E-state index in [9.17, 15) is 4.79 Å². The molecule has 1 aromatic carbocycles. The van der Waals surface area contributed by atoms with E-state index in [1.54, 1.807) is 6.20 Å². The first-order chi connectivity index (χ1) is 8.27. The number of amides is 2. The summed E-state index contributed by atoms with van der Waals surface area (Å²) in [6.07, 6.45) is 1.71. The third kappa shape index (κ3) is 2.81. The van der Waals surface area contributed by atoms with E-state index in [1.807, 2.05) is 24.3 Å². The number of nitrogens with zero attached hydrogens (tertiary/aromatic N) is 2. The molecule has 0 aliphatic carbocycles. The molecule has 0 unspecified atom stereocenters. The Labute approximate surface area is 98.2 Å². The minimum Gasteiger partial charge on any atom is -0.366 e. The molecule has 0 fully saturated rings. The molecule has 2 amide bonds. The maximum Gasteiger partial charge on any atom is 0.312 e. The number of carbonyl (C=O) groups is 1. The molecule has 88 valence electrons. The van der Waals surface area contributed by atoms with Gasteiger partial charge in [0, 0.05) is 23.9 Å². The van der Waals surface area contributed by atoms with E-state index in [0.29, 0.717) is 18.9 Å². The average molecular weight is 231 g/mol. The van der Waals surface area contributed by atoms with Crippen molar-refractivity contribution in [2.24, 2.45) is 5.73 Å². The number of rotatable bonds is 4. The summed E-state index contributed by atoms with van der Waals surface area (Å²) in [5.41, 5.74) is 4.96. The molecule has 17 heavy (non-hydrogen) atoms. The van der Waals surface area contributed by atoms with Crippen molar-refractivity contribution in [3.8, 4) is 0 Å². The number of nitrogens with two attached hydrogens (primary N) is 1. The lowest BCUT2D eigenvalue weighted by molar-refractivity contribution is 0.249. The van der Waals surface area contributed by atoms with Crippen LogP contribution in [0, 0.1) is 0 Å². The van der Waals surface area contributed by atoms with Crippen molar-refractivity contribution in [1.82, 2.24) is 15.5 Å². The topological polar surface area (TPSA) is 92.9 Å². The van der Waals surface area contributed by atoms with Gasteiger partial charge in [0.1, 0.15) is 0 Å². The second kappa shape index (κ2) is 5.11. The highest BCUT2D eigenvalue weighted by molar-refractivity contribution is 5.90. The Morgan fingerprint density at radius 1 is 1.29 bits per heavy atom. The Morgan fingerprint density at radius 3 is 2.94 bits per heavy atom. The van der Waals surface area contributed by atoms with Gasteiger partial charge < -0.3 is 16.4 Å². The zero-order valence-electron chi connectivity index (χ0n) is 9.18. The Hall–Kier alpha value is -2.37. The van der Waals surface area contributed by atoms with Crippen LogP contribution in [0.4, 0.5) is 10.6 Å². The monoisotopic (exact) mass is 231 g/mol. The molecule has 0 saturated carbocycles. The molecule has 2 rings (SSSR count). The van der Waals surface area contributed by atoms with Crippen LogP contribution in [-0.2, 0) is 0 Å². The lowest BCUT2D eigenvalue weighted by atomic mass is 10.2. The van der Waals surface area contributed by atoms with Crippen molar-refractivity contribution in [3.05, 3.63) is 30.5 Å². The quantitative estimate of drug-likeness (QED) is 0.675. The van der Waals surface area contributed by atoms with Gasteiger partial charge in [-0.2, -0.15) is 5.10 Å². The maximum absolute atomic E-state index is 10.5. The van der Waals surface area contributed by atoms with E-state index in [4.69, 9.17) is 5.73 Å². The second-order valence-corrected chi connectivity index (χ2v) is 3.50. The fourth-order valence-corrected chi connectivity index (χ4v) is 1.53. The average Bonchev–Trinajstić information content (AvgIpc) is 2.34. The number of aromatic nitrogens is 2. The maximum atomic E-state index is 10.5. The van der Waals surface area contributed by atoms with Crippen molar-refractivity contribution in [2.75, 3.05) is 18.4 Å². The van der Waals surface area contributed by atoms with Gasteiger partial charge in [0.15, 0.2) is 5.82 Å². The number of urea groups is 1. The molecule has 0 atom stereocenters. The fourth-order valence-electron chi connectivity index (χ4n) is 1.53. The normalized spacial score (nSPS) is 10.1. The van der Waals surface area contributed by atoms with Gasteiger partial charge in [-0.05, 0) is 0 Å². The molecule has 0 aliphatic rings. The predicted octanol–water partition coefficient (Wildman–Crippen LogP) is 0.710. The highest BCUT2D eigenvalue weighted by atomic mass is 16.2. The molecule has 0 aliphatic heterocycles. The number of hydrogen-bond donors (Lipinski definition) is 3. The van der Waals surface area contributed by atoms with Gasteiger partial charge in [-0.1, -0.05) is 24.3 Å². The third-order valence-electron chi connectivity index (χ3n) is 2.29. The summed E-state index contributed by atoms with van der Waals surface area (Å²) in [5, 5.41) is 15.5. The molecule has 4 N–H and O–H groups in total. The standard InChI is InChI=1S/C11H13N5O/c12-11(17)14-6-5-13-10-9-4-2-1-3-8(9)7-15-16-10/h1-4,7H,5-6H2,(H,13,16)(H3,12,14,17). The Balaban J connectivity index is 2.05. The summed E-state index contributed by atoms with van der Waals surface area (Å²) in [4.78, 5) is 10.5. The van der Waals surface area contributed by atoms with E-state index >= 15 is 0 Å². The number of primary amides is 1. The lowest BCUT2D eigenvalue weighted by Gasteiger charge is -2.07. The van der Waals surface area contributed by atoms with Crippen LogP contribution in [0.2, 0.25) is 0 Å². The summed E-state index contributed by atoms with van der Waals surface area (Å²) < 4.78 is 0. The van der Waals surface area contributed by atoms with Gasteiger partial charge in [0.2, 0.25) is 0 Å². The number of benzene rings is 1. The van der Waals surface area contributed by atoms with Crippen LogP contribution < -0.4 is 16.4 Å². The molecule has 0 bridgehead atoms.